The van der Waals surface area contributed by atoms with Crippen LogP contribution in [0.15, 0.2) is 57.5 Å². The average molecular weight is 438 g/mol. The van der Waals surface area contributed by atoms with Crippen LogP contribution >= 0.6 is 0 Å². The van der Waals surface area contributed by atoms with Gasteiger partial charge in [-0.1, -0.05) is 23.8 Å². The van der Waals surface area contributed by atoms with Gasteiger partial charge in [-0.05, 0) is 39.3 Å². The Bertz CT molecular complexity index is 1290. The molecule has 1 heterocycles. The van der Waals surface area contributed by atoms with E-state index in [9.17, 15) is 30.3 Å². The van der Waals surface area contributed by atoms with Crippen molar-refractivity contribution in [3.8, 4) is 34.1 Å². The summed E-state index contributed by atoms with van der Waals surface area (Å²) >= 11 is 0. The van der Waals surface area contributed by atoms with Gasteiger partial charge in [0.05, 0.1) is 11.7 Å². The topological polar surface area (TPSA) is 131 Å². The molecule has 2 aromatic carbocycles. The predicted molar refractivity (Wildman–Crippen MR) is 122 cm³/mol. The minimum atomic E-state index is -1.00. The van der Waals surface area contributed by atoms with Crippen LogP contribution in [0.2, 0.25) is 0 Å². The third-order valence-electron chi connectivity index (χ3n) is 5.35. The standard InChI is InChI=1S/C25H26O7/c1-12(2)5-6-15-20(28)10-21-22(24(15)30)25(31)17(11-32-21)14-7-8-18(26)16(23(14)29)9-19(27)13(3)4/h5,7-8,10-11,19,26-30H,3,6,9H2,1-2,4H3/t19-/m1/s1. The van der Waals surface area contributed by atoms with Gasteiger partial charge >= 0.3 is 0 Å². The van der Waals surface area contributed by atoms with E-state index in [2.05, 4.69) is 6.58 Å². The molecule has 0 bridgehead atoms. The van der Waals surface area contributed by atoms with Crippen LogP contribution in [0.25, 0.3) is 22.1 Å². The lowest BCUT2D eigenvalue weighted by Gasteiger charge is -2.15. The van der Waals surface area contributed by atoms with Gasteiger partial charge in [-0.25, -0.2) is 0 Å². The van der Waals surface area contributed by atoms with Crippen molar-refractivity contribution >= 4 is 11.0 Å². The Morgan fingerprint density at radius 3 is 2.34 bits per heavy atom. The van der Waals surface area contributed by atoms with E-state index in [-0.39, 0.29) is 63.3 Å². The van der Waals surface area contributed by atoms with Crippen molar-refractivity contribution < 1.29 is 29.9 Å². The number of allylic oxidation sites excluding steroid dienone is 2. The highest BCUT2D eigenvalue weighted by atomic mass is 16.3. The maximum absolute atomic E-state index is 13.3. The zero-order chi connectivity index (χ0) is 23.7. The zero-order valence-corrected chi connectivity index (χ0v) is 18.1. The molecule has 0 fully saturated rings. The fourth-order valence-electron chi connectivity index (χ4n) is 3.40. The van der Waals surface area contributed by atoms with Crippen LogP contribution in [0.5, 0.6) is 23.0 Å². The van der Waals surface area contributed by atoms with Gasteiger partial charge in [0.15, 0.2) is 0 Å². The van der Waals surface area contributed by atoms with Crippen molar-refractivity contribution in [2.24, 2.45) is 0 Å². The third kappa shape index (κ3) is 4.20. The first-order chi connectivity index (χ1) is 15.0. The molecule has 1 aromatic heterocycles. The molecule has 0 saturated heterocycles. The summed E-state index contributed by atoms with van der Waals surface area (Å²) in [5, 5.41) is 51.9. The number of hydrogen-bond donors (Lipinski definition) is 5. The number of phenolic OH excluding ortho intramolecular Hbond substituents is 4. The number of phenols is 4. The van der Waals surface area contributed by atoms with Crippen LogP contribution in [0.1, 0.15) is 31.9 Å². The minimum absolute atomic E-state index is 0.00843. The lowest BCUT2D eigenvalue weighted by Crippen LogP contribution is -2.12. The molecule has 3 aromatic rings. The summed E-state index contributed by atoms with van der Waals surface area (Å²) in [6.07, 6.45) is 2.03. The summed E-state index contributed by atoms with van der Waals surface area (Å²) in [4.78, 5) is 13.3. The quantitative estimate of drug-likeness (QED) is 0.363. The normalized spacial score (nSPS) is 12.0. The van der Waals surface area contributed by atoms with Gasteiger partial charge in [-0.2, -0.15) is 0 Å². The van der Waals surface area contributed by atoms with Gasteiger partial charge in [0.2, 0.25) is 5.43 Å². The zero-order valence-electron chi connectivity index (χ0n) is 18.1. The molecule has 0 aliphatic rings. The maximum atomic E-state index is 13.3. The summed E-state index contributed by atoms with van der Waals surface area (Å²) in [6, 6.07) is 3.91. The second kappa shape index (κ2) is 8.80. The summed E-state index contributed by atoms with van der Waals surface area (Å²) in [5.74, 6) is -1.23. The van der Waals surface area contributed by atoms with Gasteiger partial charge in [0.1, 0.15) is 40.2 Å². The molecule has 0 unspecified atom stereocenters. The average Bonchev–Trinajstić information content (AvgIpc) is 2.71. The molecule has 0 amide bonds. The highest BCUT2D eigenvalue weighted by Gasteiger charge is 2.22. The number of aromatic hydroxyl groups is 4. The van der Waals surface area contributed by atoms with Gasteiger partial charge < -0.3 is 29.9 Å². The smallest absolute Gasteiger partial charge is 0.204 e. The number of aliphatic hydroxyl groups is 1. The molecule has 7 heteroatoms. The van der Waals surface area contributed by atoms with Crippen LogP contribution in [0, 0.1) is 0 Å². The van der Waals surface area contributed by atoms with Crippen molar-refractivity contribution in [2.75, 3.05) is 0 Å². The number of hydrogen-bond acceptors (Lipinski definition) is 7. The fourth-order valence-corrected chi connectivity index (χ4v) is 3.40. The Hall–Kier alpha value is -3.71. The second-order valence-corrected chi connectivity index (χ2v) is 8.09. The van der Waals surface area contributed by atoms with Crippen molar-refractivity contribution in [3.05, 3.63) is 69.6 Å². The maximum Gasteiger partial charge on any atom is 0.204 e. The Balaban J connectivity index is 2.22. The van der Waals surface area contributed by atoms with E-state index in [0.717, 1.165) is 11.8 Å². The van der Waals surface area contributed by atoms with E-state index in [4.69, 9.17) is 4.42 Å². The molecule has 0 radical (unpaired) electrons. The van der Waals surface area contributed by atoms with Crippen LogP contribution in [0.3, 0.4) is 0 Å². The molecule has 168 valence electrons. The van der Waals surface area contributed by atoms with E-state index in [1.807, 2.05) is 13.8 Å². The first kappa shape index (κ1) is 23.0. The fraction of sp³-hybridized carbons (Fsp3) is 0.240. The minimum Gasteiger partial charge on any atom is -0.508 e. The third-order valence-corrected chi connectivity index (χ3v) is 5.35. The number of benzene rings is 2. The number of fused-ring (bicyclic) bond motifs is 1. The summed E-state index contributed by atoms with van der Waals surface area (Å²) in [5.41, 5.74) is 1.06. The molecular formula is C25H26O7. The first-order valence-electron chi connectivity index (χ1n) is 10.0. The predicted octanol–water partition coefficient (Wildman–Crippen LogP) is 4.27. The van der Waals surface area contributed by atoms with Gasteiger partial charge in [0, 0.05) is 29.2 Å². The highest BCUT2D eigenvalue weighted by molar-refractivity contribution is 5.90. The summed E-state index contributed by atoms with van der Waals surface area (Å²) < 4.78 is 5.49. The van der Waals surface area contributed by atoms with E-state index in [1.165, 1.54) is 18.2 Å². The Kier molecular flexibility index (Phi) is 6.32. The van der Waals surface area contributed by atoms with Crippen molar-refractivity contribution in [2.45, 2.75) is 39.7 Å². The largest absolute Gasteiger partial charge is 0.508 e. The molecule has 7 nitrogen and oxygen atoms in total. The van der Waals surface area contributed by atoms with E-state index < -0.39 is 17.3 Å². The van der Waals surface area contributed by atoms with Crippen molar-refractivity contribution in [3.63, 3.8) is 0 Å². The molecular weight excluding hydrogens is 412 g/mol. The molecule has 0 aliphatic heterocycles. The number of rotatable bonds is 6. The molecule has 3 rings (SSSR count). The first-order valence-corrected chi connectivity index (χ1v) is 10.0. The molecule has 0 aliphatic carbocycles. The number of aliphatic hydroxyl groups excluding tert-OH is 1. The molecule has 5 N–H and O–H groups in total. The van der Waals surface area contributed by atoms with E-state index in [0.29, 0.717) is 5.57 Å². The van der Waals surface area contributed by atoms with Crippen LogP contribution in [-0.2, 0) is 12.8 Å². The van der Waals surface area contributed by atoms with Gasteiger partial charge in [-0.15, -0.1) is 0 Å². The molecule has 0 saturated carbocycles. The second-order valence-electron chi connectivity index (χ2n) is 8.09. The van der Waals surface area contributed by atoms with Crippen LogP contribution in [-0.4, -0.2) is 31.6 Å². The lowest BCUT2D eigenvalue weighted by atomic mass is 9.95. The molecule has 32 heavy (non-hydrogen) atoms. The molecule has 1 atom stereocenters. The van der Waals surface area contributed by atoms with Crippen LogP contribution in [0.4, 0.5) is 0 Å². The summed E-state index contributed by atoms with van der Waals surface area (Å²) in [6.45, 7) is 9.02. The highest BCUT2D eigenvalue weighted by Crippen LogP contribution is 2.40. The lowest BCUT2D eigenvalue weighted by molar-refractivity contribution is 0.209. The van der Waals surface area contributed by atoms with E-state index in [1.54, 1.807) is 13.0 Å². The SMILES string of the molecule is C=C(C)[C@H](O)Cc1c(O)ccc(-c2coc3cc(O)c(CC=C(C)C)c(O)c3c2=O)c1O. The molecule has 0 spiro atoms. The van der Waals surface area contributed by atoms with E-state index >= 15 is 0 Å². The Morgan fingerprint density at radius 2 is 1.72 bits per heavy atom. The van der Waals surface area contributed by atoms with Crippen molar-refractivity contribution in [1.82, 2.24) is 0 Å². The van der Waals surface area contributed by atoms with Gasteiger partial charge in [0.25, 0.3) is 0 Å². The van der Waals surface area contributed by atoms with Gasteiger partial charge in [-0.3, -0.25) is 4.79 Å². The Morgan fingerprint density at radius 1 is 1.03 bits per heavy atom. The Labute approximate surface area is 184 Å². The van der Waals surface area contributed by atoms with Crippen LogP contribution < -0.4 is 5.43 Å². The summed E-state index contributed by atoms with van der Waals surface area (Å²) in [7, 11) is 0. The van der Waals surface area contributed by atoms with Crippen molar-refractivity contribution in [1.29, 1.82) is 0 Å². The monoisotopic (exact) mass is 438 g/mol.